The van der Waals surface area contributed by atoms with Crippen LogP contribution in [-0.4, -0.2) is 31.1 Å². The van der Waals surface area contributed by atoms with Crippen molar-refractivity contribution in [1.82, 2.24) is 4.90 Å². The number of rotatable bonds is 9. The lowest BCUT2D eigenvalue weighted by molar-refractivity contribution is 0.189. The highest BCUT2D eigenvalue weighted by Crippen LogP contribution is 2.17. The number of hydrogen-bond donors (Lipinski definition) is 0. The van der Waals surface area contributed by atoms with Crippen LogP contribution in [0.15, 0.2) is 24.3 Å². The molecule has 3 heteroatoms. The maximum atomic E-state index is 5.85. The Bertz CT molecular complexity index is 398. The summed E-state index contributed by atoms with van der Waals surface area (Å²) in [5.74, 6) is 1.86. The van der Waals surface area contributed by atoms with Crippen LogP contribution in [0.2, 0.25) is 5.02 Å². The van der Waals surface area contributed by atoms with E-state index < -0.39 is 0 Å². The predicted octanol–water partition coefficient (Wildman–Crippen LogP) is 5.40. The van der Waals surface area contributed by atoms with Crippen LogP contribution in [0.4, 0.5) is 0 Å². The Morgan fingerprint density at radius 2 is 1.64 bits per heavy atom. The lowest BCUT2D eigenvalue weighted by Gasteiger charge is -2.30. The second-order valence-corrected chi connectivity index (χ2v) is 7.03. The van der Waals surface area contributed by atoms with E-state index in [0.717, 1.165) is 29.7 Å². The van der Waals surface area contributed by atoms with Crippen molar-refractivity contribution in [1.29, 1.82) is 0 Å². The Kier molecular flexibility index (Phi) is 8.11. The molecule has 1 aromatic rings. The van der Waals surface area contributed by atoms with Crippen molar-refractivity contribution in [3.05, 3.63) is 29.3 Å². The summed E-state index contributed by atoms with van der Waals surface area (Å²) < 4.78 is 5.71. The minimum atomic E-state index is 0.760. The van der Waals surface area contributed by atoms with Crippen molar-refractivity contribution >= 4 is 11.6 Å². The lowest BCUT2D eigenvalue weighted by Crippen LogP contribution is -2.33. The van der Waals surface area contributed by atoms with Gasteiger partial charge in [-0.15, -0.1) is 0 Å². The molecule has 2 rings (SSSR count). The summed E-state index contributed by atoms with van der Waals surface area (Å²) in [5, 5.41) is 0.760. The van der Waals surface area contributed by atoms with Crippen LogP contribution >= 0.6 is 11.6 Å². The van der Waals surface area contributed by atoms with E-state index in [1.807, 2.05) is 24.3 Å². The molecule has 0 spiro atoms. The number of piperidine rings is 1. The number of benzene rings is 1. The summed E-state index contributed by atoms with van der Waals surface area (Å²) in [6.45, 7) is 7.12. The molecular weight excluding hydrogens is 294 g/mol. The van der Waals surface area contributed by atoms with Crippen LogP contribution in [0.5, 0.6) is 5.75 Å². The molecule has 0 bridgehead atoms. The molecule has 0 aromatic heterocycles. The maximum Gasteiger partial charge on any atom is 0.119 e. The molecule has 1 fully saturated rings. The van der Waals surface area contributed by atoms with Crippen LogP contribution < -0.4 is 4.74 Å². The number of unbranched alkanes of at least 4 members (excludes halogenated alkanes) is 4. The van der Waals surface area contributed by atoms with Crippen LogP contribution in [0, 0.1) is 5.92 Å². The lowest BCUT2D eigenvalue weighted by atomic mass is 9.99. The molecule has 0 amide bonds. The maximum absolute atomic E-state index is 5.85. The van der Waals surface area contributed by atoms with E-state index in [4.69, 9.17) is 16.3 Å². The van der Waals surface area contributed by atoms with Crippen molar-refractivity contribution in [3.63, 3.8) is 0 Å². The van der Waals surface area contributed by atoms with E-state index in [2.05, 4.69) is 11.8 Å². The predicted molar refractivity (Wildman–Crippen MR) is 94.9 cm³/mol. The summed E-state index contributed by atoms with van der Waals surface area (Å²) in [5.41, 5.74) is 0. The monoisotopic (exact) mass is 323 g/mol. The summed E-state index contributed by atoms with van der Waals surface area (Å²) >= 11 is 5.85. The molecule has 0 atom stereocenters. The molecule has 124 valence electrons. The molecule has 1 aliphatic rings. The zero-order valence-electron chi connectivity index (χ0n) is 13.9. The Balaban J connectivity index is 1.40. The molecule has 1 aliphatic heterocycles. The second kappa shape index (κ2) is 10.1. The average Bonchev–Trinajstić information content (AvgIpc) is 2.53. The standard InChI is InChI=1S/C19H30ClNO/c1-17-11-14-21(15-12-17)13-5-3-2-4-6-16-22-19-9-7-18(20)8-10-19/h7-10,17H,2-6,11-16H2,1H3. The van der Waals surface area contributed by atoms with E-state index in [1.54, 1.807) is 0 Å². The van der Waals surface area contributed by atoms with Gasteiger partial charge in [-0.1, -0.05) is 37.8 Å². The van der Waals surface area contributed by atoms with Crippen molar-refractivity contribution < 1.29 is 4.74 Å². The topological polar surface area (TPSA) is 12.5 Å². The Morgan fingerprint density at radius 3 is 2.36 bits per heavy atom. The molecule has 22 heavy (non-hydrogen) atoms. The smallest absolute Gasteiger partial charge is 0.119 e. The minimum Gasteiger partial charge on any atom is -0.494 e. The molecule has 1 saturated heterocycles. The summed E-state index contributed by atoms with van der Waals surface area (Å²) in [6.07, 6.45) is 9.23. The van der Waals surface area contributed by atoms with Gasteiger partial charge in [-0.3, -0.25) is 0 Å². The Labute approximate surface area is 140 Å². The average molecular weight is 324 g/mol. The number of hydrogen-bond acceptors (Lipinski definition) is 2. The fourth-order valence-electron chi connectivity index (χ4n) is 2.97. The van der Waals surface area contributed by atoms with Gasteiger partial charge in [-0.2, -0.15) is 0 Å². The van der Waals surface area contributed by atoms with Crippen LogP contribution in [0.3, 0.4) is 0 Å². The molecule has 0 aliphatic carbocycles. The van der Waals surface area contributed by atoms with Gasteiger partial charge in [-0.25, -0.2) is 0 Å². The van der Waals surface area contributed by atoms with E-state index >= 15 is 0 Å². The van der Waals surface area contributed by atoms with Gasteiger partial charge in [0.25, 0.3) is 0 Å². The Morgan fingerprint density at radius 1 is 1.00 bits per heavy atom. The number of halogens is 1. The normalized spacial score (nSPS) is 16.8. The summed E-state index contributed by atoms with van der Waals surface area (Å²) in [7, 11) is 0. The first-order valence-corrected chi connectivity index (χ1v) is 9.22. The fraction of sp³-hybridized carbons (Fsp3) is 0.684. The molecule has 2 nitrogen and oxygen atoms in total. The van der Waals surface area contributed by atoms with Gasteiger partial charge in [0, 0.05) is 5.02 Å². The fourth-order valence-corrected chi connectivity index (χ4v) is 3.10. The van der Waals surface area contributed by atoms with Gasteiger partial charge < -0.3 is 9.64 Å². The minimum absolute atomic E-state index is 0.760. The van der Waals surface area contributed by atoms with Crippen LogP contribution in [0.1, 0.15) is 51.9 Å². The molecule has 0 saturated carbocycles. The van der Waals surface area contributed by atoms with Gasteiger partial charge >= 0.3 is 0 Å². The quantitative estimate of drug-likeness (QED) is 0.564. The van der Waals surface area contributed by atoms with Crippen molar-refractivity contribution in [2.75, 3.05) is 26.2 Å². The molecule has 0 N–H and O–H groups in total. The molecule has 1 aromatic carbocycles. The number of nitrogens with zero attached hydrogens (tertiary/aromatic N) is 1. The van der Waals surface area contributed by atoms with Crippen LogP contribution in [0.25, 0.3) is 0 Å². The molecule has 0 unspecified atom stereocenters. The van der Waals surface area contributed by atoms with Crippen molar-refractivity contribution in [2.45, 2.75) is 51.9 Å². The first-order chi connectivity index (χ1) is 10.7. The van der Waals surface area contributed by atoms with E-state index in [1.165, 1.54) is 58.2 Å². The van der Waals surface area contributed by atoms with Crippen molar-refractivity contribution in [3.8, 4) is 5.75 Å². The summed E-state index contributed by atoms with van der Waals surface area (Å²) in [4.78, 5) is 2.64. The van der Waals surface area contributed by atoms with Gasteiger partial charge in [0.2, 0.25) is 0 Å². The molecule has 1 heterocycles. The number of likely N-dealkylation sites (tertiary alicyclic amines) is 1. The third kappa shape index (κ3) is 7.02. The van der Waals surface area contributed by atoms with Crippen molar-refractivity contribution in [2.24, 2.45) is 5.92 Å². The largest absolute Gasteiger partial charge is 0.494 e. The van der Waals surface area contributed by atoms with Gasteiger partial charge in [0.1, 0.15) is 5.75 Å². The van der Waals surface area contributed by atoms with Gasteiger partial charge in [0.05, 0.1) is 6.61 Å². The zero-order chi connectivity index (χ0) is 15.6. The second-order valence-electron chi connectivity index (χ2n) is 6.59. The van der Waals surface area contributed by atoms with E-state index in [-0.39, 0.29) is 0 Å². The zero-order valence-corrected chi connectivity index (χ0v) is 14.7. The highest BCUT2D eigenvalue weighted by molar-refractivity contribution is 6.30. The molecule has 0 radical (unpaired) electrons. The highest BCUT2D eigenvalue weighted by atomic mass is 35.5. The highest BCUT2D eigenvalue weighted by Gasteiger charge is 2.14. The first kappa shape index (κ1) is 17.6. The van der Waals surface area contributed by atoms with Gasteiger partial charge in [0.15, 0.2) is 0 Å². The van der Waals surface area contributed by atoms with Gasteiger partial charge in [-0.05, 0) is 75.5 Å². The summed E-state index contributed by atoms with van der Waals surface area (Å²) in [6, 6.07) is 7.61. The van der Waals surface area contributed by atoms with E-state index in [0.29, 0.717) is 0 Å². The molecular formula is C19H30ClNO. The van der Waals surface area contributed by atoms with E-state index in [9.17, 15) is 0 Å². The first-order valence-electron chi connectivity index (χ1n) is 8.85. The Hall–Kier alpha value is -0.730. The van der Waals surface area contributed by atoms with Crippen LogP contribution in [-0.2, 0) is 0 Å². The SMILES string of the molecule is CC1CCN(CCCCCCCOc2ccc(Cl)cc2)CC1. The third-order valence-electron chi connectivity index (χ3n) is 4.58. The number of ether oxygens (including phenoxy) is 1. The third-order valence-corrected chi connectivity index (χ3v) is 4.83.